The molecule has 7 nitrogen and oxygen atoms in total. The summed E-state index contributed by atoms with van der Waals surface area (Å²) in [6, 6.07) is 12.6. The second-order valence-electron chi connectivity index (χ2n) is 7.41. The van der Waals surface area contributed by atoms with Gasteiger partial charge in [-0.15, -0.1) is 0 Å². The fourth-order valence-corrected chi connectivity index (χ4v) is 3.20. The number of hydrogen-bond acceptors (Lipinski definition) is 6. The van der Waals surface area contributed by atoms with E-state index in [0.717, 1.165) is 11.1 Å². The first-order valence-electron chi connectivity index (χ1n) is 10.1. The number of ether oxygens (including phenoxy) is 4. The molecule has 1 N–H and O–H groups in total. The van der Waals surface area contributed by atoms with Crippen molar-refractivity contribution in [3.63, 3.8) is 0 Å². The van der Waals surface area contributed by atoms with Crippen LogP contribution in [0.4, 0.5) is 0 Å². The van der Waals surface area contributed by atoms with Crippen molar-refractivity contribution in [1.82, 2.24) is 5.32 Å². The molecule has 1 aliphatic heterocycles. The number of amides is 1. The van der Waals surface area contributed by atoms with Crippen molar-refractivity contribution in [3.05, 3.63) is 59.7 Å². The molecular formula is C24H27NO6. The van der Waals surface area contributed by atoms with E-state index >= 15 is 0 Å². The quantitative estimate of drug-likeness (QED) is 0.515. The molecule has 1 heterocycles. The third kappa shape index (κ3) is 6.25. The lowest BCUT2D eigenvalue weighted by molar-refractivity contribution is -0.144. The van der Waals surface area contributed by atoms with Gasteiger partial charge in [-0.1, -0.05) is 32.0 Å². The van der Waals surface area contributed by atoms with Gasteiger partial charge in [0.15, 0.2) is 18.1 Å². The maximum atomic E-state index is 12.4. The molecule has 0 unspecified atom stereocenters. The Morgan fingerprint density at radius 1 is 1.10 bits per heavy atom. The topological polar surface area (TPSA) is 83.1 Å². The summed E-state index contributed by atoms with van der Waals surface area (Å²) in [5.41, 5.74) is 1.69. The minimum atomic E-state index is -0.599. The summed E-state index contributed by atoms with van der Waals surface area (Å²) in [6.07, 6.45) is 2.89. The van der Waals surface area contributed by atoms with E-state index in [1.165, 1.54) is 6.08 Å². The Balaban J connectivity index is 1.55. The average Bonchev–Trinajstić information content (AvgIpc) is 2.79. The maximum absolute atomic E-state index is 12.4. The number of carbonyl (C=O) groups is 2. The zero-order valence-corrected chi connectivity index (χ0v) is 17.9. The Kier molecular flexibility index (Phi) is 7.54. The summed E-state index contributed by atoms with van der Waals surface area (Å²) in [6.45, 7) is 4.66. The van der Waals surface area contributed by atoms with Crippen molar-refractivity contribution in [1.29, 1.82) is 0 Å². The lowest BCUT2D eigenvalue weighted by Crippen LogP contribution is -2.35. The number of esters is 1. The van der Waals surface area contributed by atoms with Crippen molar-refractivity contribution in [2.45, 2.75) is 19.9 Å². The molecule has 0 saturated heterocycles. The highest BCUT2D eigenvalue weighted by molar-refractivity contribution is 5.89. The van der Waals surface area contributed by atoms with Gasteiger partial charge in [0.2, 0.25) is 0 Å². The van der Waals surface area contributed by atoms with Gasteiger partial charge in [-0.2, -0.15) is 0 Å². The van der Waals surface area contributed by atoms with Gasteiger partial charge in [-0.05, 0) is 47.4 Å². The molecule has 31 heavy (non-hydrogen) atoms. The Bertz CT molecular complexity index is 953. The van der Waals surface area contributed by atoms with Crippen LogP contribution in [0.1, 0.15) is 31.0 Å². The maximum Gasteiger partial charge on any atom is 0.331 e. The van der Waals surface area contributed by atoms with Crippen LogP contribution < -0.4 is 19.5 Å². The van der Waals surface area contributed by atoms with E-state index in [9.17, 15) is 9.59 Å². The molecule has 0 spiro atoms. The molecule has 164 valence electrons. The summed E-state index contributed by atoms with van der Waals surface area (Å²) in [4.78, 5) is 24.4. The molecular weight excluding hydrogens is 398 g/mol. The highest BCUT2D eigenvalue weighted by Gasteiger charge is 2.21. The van der Waals surface area contributed by atoms with Gasteiger partial charge in [-0.3, -0.25) is 4.79 Å². The second-order valence-corrected chi connectivity index (χ2v) is 7.41. The van der Waals surface area contributed by atoms with Gasteiger partial charge in [-0.25, -0.2) is 4.79 Å². The summed E-state index contributed by atoms with van der Waals surface area (Å²) in [5, 5.41) is 2.93. The largest absolute Gasteiger partial charge is 0.497 e. The molecule has 1 aliphatic rings. The van der Waals surface area contributed by atoms with Crippen molar-refractivity contribution < 1.29 is 28.5 Å². The third-order valence-corrected chi connectivity index (χ3v) is 4.76. The van der Waals surface area contributed by atoms with Crippen LogP contribution in [0.2, 0.25) is 0 Å². The fraction of sp³-hybridized carbons (Fsp3) is 0.333. The number of nitrogens with one attached hydrogen (secondary N) is 1. The normalized spacial score (nSPS) is 13.7. The average molecular weight is 425 g/mol. The van der Waals surface area contributed by atoms with E-state index in [0.29, 0.717) is 30.5 Å². The Morgan fingerprint density at radius 3 is 2.61 bits per heavy atom. The first kappa shape index (κ1) is 22.2. The first-order valence-corrected chi connectivity index (χ1v) is 10.1. The number of methoxy groups -OCH3 is 1. The highest BCUT2D eigenvalue weighted by atomic mass is 16.6. The second kappa shape index (κ2) is 10.5. The number of rotatable bonds is 8. The van der Waals surface area contributed by atoms with Crippen molar-refractivity contribution in [2.75, 3.05) is 26.9 Å². The summed E-state index contributed by atoms with van der Waals surface area (Å²) in [7, 11) is 1.57. The highest BCUT2D eigenvalue weighted by Crippen LogP contribution is 2.34. The summed E-state index contributed by atoms with van der Waals surface area (Å²) in [5.74, 6) is 1.19. The zero-order valence-electron chi connectivity index (χ0n) is 17.9. The monoisotopic (exact) mass is 425 g/mol. The van der Waals surface area contributed by atoms with Gasteiger partial charge in [0.25, 0.3) is 5.91 Å². The molecule has 2 aromatic rings. The Morgan fingerprint density at radius 2 is 1.87 bits per heavy atom. The molecule has 0 aliphatic carbocycles. The standard InChI is InChI=1S/C24H27NO6/c1-16(2)24(18-8-9-20-21(14-18)30-12-11-29-20)25-22(26)15-31-23(27)10-7-17-5-4-6-19(13-17)28-3/h4-10,13-14,16,24H,11-12,15H2,1-3H3,(H,25,26)/b10-7+/t24-/m0/s1. The lowest BCUT2D eigenvalue weighted by Gasteiger charge is -2.25. The van der Waals surface area contributed by atoms with Crippen LogP contribution >= 0.6 is 0 Å². The number of fused-ring (bicyclic) bond motifs is 1. The van der Waals surface area contributed by atoms with Crippen LogP contribution in [0.25, 0.3) is 6.08 Å². The molecule has 0 saturated carbocycles. The zero-order chi connectivity index (χ0) is 22.2. The van der Waals surface area contributed by atoms with Crippen molar-refractivity contribution >= 4 is 18.0 Å². The predicted octanol–water partition coefficient (Wildman–Crippen LogP) is 3.54. The van der Waals surface area contributed by atoms with Crippen LogP contribution in [0.15, 0.2) is 48.5 Å². The van der Waals surface area contributed by atoms with Crippen LogP contribution in [0, 0.1) is 5.92 Å². The molecule has 2 aromatic carbocycles. The smallest absolute Gasteiger partial charge is 0.331 e. The van der Waals surface area contributed by atoms with E-state index in [2.05, 4.69) is 5.32 Å². The van der Waals surface area contributed by atoms with E-state index in [1.807, 2.05) is 50.2 Å². The minimum absolute atomic E-state index is 0.121. The lowest BCUT2D eigenvalue weighted by atomic mass is 9.95. The molecule has 7 heteroatoms. The molecule has 0 fully saturated rings. The molecule has 1 atom stereocenters. The third-order valence-electron chi connectivity index (χ3n) is 4.76. The molecule has 0 bridgehead atoms. The first-order chi connectivity index (χ1) is 15.0. The van der Waals surface area contributed by atoms with Crippen LogP contribution in [-0.2, 0) is 14.3 Å². The van der Waals surface area contributed by atoms with Crippen LogP contribution in [-0.4, -0.2) is 38.8 Å². The summed E-state index contributed by atoms with van der Waals surface area (Å²) < 4.78 is 21.4. The number of carbonyl (C=O) groups excluding carboxylic acids is 2. The van der Waals surface area contributed by atoms with E-state index in [-0.39, 0.29) is 24.5 Å². The molecule has 1 amide bonds. The van der Waals surface area contributed by atoms with E-state index in [4.69, 9.17) is 18.9 Å². The van der Waals surface area contributed by atoms with Gasteiger partial charge < -0.3 is 24.3 Å². The van der Waals surface area contributed by atoms with Crippen molar-refractivity contribution in [3.8, 4) is 17.2 Å². The SMILES string of the molecule is COc1cccc(/C=C/C(=O)OCC(=O)N[C@H](c2ccc3c(c2)OCCO3)C(C)C)c1. The summed E-state index contributed by atoms with van der Waals surface area (Å²) >= 11 is 0. The Hall–Kier alpha value is -3.48. The predicted molar refractivity (Wildman–Crippen MR) is 116 cm³/mol. The molecule has 3 rings (SSSR count). The van der Waals surface area contributed by atoms with Gasteiger partial charge in [0, 0.05) is 6.08 Å². The van der Waals surface area contributed by atoms with Crippen LogP contribution in [0.3, 0.4) is 0 Å². The number of benzene rings is 2. The van der Waals surface area contributed by atoms with Gasteiger partial charge in [0.1, 0.15) is 19.0 Å². The number of hydrogen-bond donors (Lipinski definition) is 1. The van der Waals surface area contributed by atoms with Crippen molar-refractivity contribution in [2.24, 2.45) is 5.92 Å². The van der Waals surface area contributed by atoms with Gasteiger partial charge in [0.05, 0.1) is 13.2 Å². The molecule has 0 aromatic heterocycles. The molecule has 0 radical (unpaired) electrons. The van der Waals surface area contributed by atoms with Gasteiger partial charge >= 0.3 is 5.97 Å². The van der Waals surface area contributed by atoms with E-state index in [1.54, 1.807) is 19.3 Å². The fourth-order valence-electron chi connectivity index (χ4n) is 3.20. The van der Waals surface area contributed by atoms with E-state index < -0.39 is 5.97 Å². The van der Waals surface area contributed by atoms with Crippen LogP contribution in [0.5, 0.6) is 17.2 Å². The minimum Gasteiger partial charge on any atom is -0.497 e. The Labute approximate surface area is 181 Å².